The first-order chi connectivity index (χ1) is 19.5. The van der Waals surface area contributed by atoms with Crippen molar-refractivity contribution < 1.29 is 28.2 Å². The molecule has 10 heteroatoms. The Kier molecular flexibility index (Phi) is 11.3. The van der Waals surface area contributed by atoms with Crippen molar-refractivity contribution in [3.05, 3.63) is 96.1 Å². The zero-order chi connectivity index (χ0) is 29.9. The Morgan fingerprint density at radius 1 is 1.00 bits per heavy atom. The van der Waals surface area contributed by atoms with Crippen molar-refractivity contribution in [3.8, 4) is 11.8 Å². The Bertz CT molecular complexity index is 1390. The van der Waals surface area contributed by atoms with Gasteiger partial charge in [-0.15, -0.1) is 0 Å². The summed E-state index contributed by atoms with van der Waals surface area (Å²) in [6.07, 6.45) is -1.85. The van der Waals surface area contributed by atoms with Crippen LogP contribution in [0, 0.1) is 16.7 Å². The van der Waals surface area contributed by atoms with Crippen LogP contribution in [-0.4, -0.2) is 54.3 Å². The quantitative estimate of drug-likeness (QED) is 0.234. The van der Waals surface area contributed by atoms with Gasteiger partial charge < -0.3 is 20.3 Å². The van der Waals surface area contributed by atoms with E-state index in [2.05, 4.69) is 11.4 Å². The molecule has 0 aromatic heterocycles. The van der Waals surface area contributed by atoms with Crippen molar-refractivity contribution in [1.82, 2.24) is 9.62 Å². The van der Waals surface area contributed by atoms with E-state index in [-0.39, 0.29) is 30.8 Å². The lowest BCUT2D eigenvalue weighted by Gasteiger charge is -2.39. The van der Waals surface area contributed by atoms with E-state index in [1.807, 2.05) is 74.5 Å². The molecule has 0 fully saturated rings. The van der Waals surface area contributed by atoms with E-state index in [1.165, 1.54) is 16.4 Å². The molecular formula is C31H37N3O6S. The monoisotopic (exact) mass is 579 g/mol. The summed E-state index contributed by atoms with van der Waals surface area (Å²) in [6, 6.07) is 25.9. The Morgan fingerprint density at radius 2 is 1.59 bits per heavy atom. The summed E-state index contributed by atoms with van der Waals surface area (Å²) in [7, 11) is -4.19. The molecule has 1 amide bonds. The van der Waals surface area contributed by atoms with Crippen LogP contribution in [0.5, 0.6) is 5.75 Å². The number of carboxylic acid groups (broad SMARTS) is 1. The van der Waals surface area contributed by atoms with Gasteiger partial charge in [-0.1, -0.05) is 74.5 Å². The average Bonchev–Trinajstić information content (AvgIpc) is 2.97. The fourth-order valence-electron chi connectivity index (χ4n) is 4.47. The highest BCUT2D eigenvalue weighted by Crippen LogP contribution is 2.31. The maximum absolute atomic E-state index is 14.2. The van der Waals surface area contributed by atoms with Crippen LogP contribution in [0.2, 0.25) is 0 Å². The molecule has 0 aliphatic heterocycles. The predicted molar refractivity (Wildman–Crippen MR) is 156 cm³/mol. The van der Waals surface area contributed by atoms with Crippen molar-refractivity contribution >= 4 is 16.1 Å². The third-order valence-corrected chi connectivity index (χ3v) is 8.63. The molecule has 0 aliphatic carbocycles. The minimum Gasteiger partial charge on any atom is -0.489 e. The van der Waals surface area contributed by atoms with Crippen LogP contribution >= 0.6 is 0 Å². The number of nitrogens with zero attached hydrogens (tertiary/aromatic N) is 2. The molecule has 1 unspecified atom stereocenters. The molecule has 2 atom stereocenters. The minimum atomic E-state index is -4.19. The van der Waals surface area contributed by atoms with Gasteiger partial charge in [0.25, 0.3) is 0 Å². The smallest absolute Gasteiger partial charge is 0.404 e. The fourth-order valence-corrected chi connectivity index (χ4v) is 6.31. The first-order valence-electron chi connectivity index (χ1n) is 13.4. The van der Waals surface area contributed by atoms with Crippen LogP contribution in [0.15, 0.2) is 89.8 Å². The lowest BCUT2D eigenvalue weighted by Crippen LogP contribution is -2.54. The van der Waals surface area contributed by atoms with Crippen LogP contribution in [0.3, 0.4) is 0 Å². The normalized spacial score (nSPS) is 13.2. The summed E-state index contributed by atoms with van der Waals surface area (Å²) in [5.41, 5.74) is 1.14. The maximum Gasteiger partial charge on any atom is 0.404 e. The number of nitrogens with one attached hydrogen (secondary N) is 1. The molecule has 218 valence electrons. The Balaban J connectivity index is 1.97. The van der Waals surface area contributed by atoms with Gasteiger partial charge in [0.1, 0.15) is 12.4 Å². The summed E-state index contributed by atoms with van der Waals surface area (Å²) in [4.78, 5) is 11.2. The molecule has 41 heavy (non-hydrogen) atoms. The summed E-state index contributed by atoms with van der Waals surface area (Å²) >= 11 is 0. The van der Waals surface area contributed by atoms with Crippen LogP contribution < -0.4 is 10.1 Å². The van der Waals surface area contributed by atoms with Gasteiger partial charge in [0.15, 0.2) is 0 Å². The van der Waals surface area contributed by atoms with Crippen LogP contribution in [0.25, 0.3) is 0 Å². The van der Waals surface area contributed by atoms with Gasteiger partial charge in [-0.05, 0) is 53.6 Å². The lowest BCUT2D eigenvalue weighted by atomic mass is 9.87. The molecule has 9 nitrogen and oxygen atoms in total. The largest absolute Gasteiger partial charge is 0.489 e. The van der Waals surface area contributed by atoms with Crippen LogP contribution in [0.1, 0.15) is 37.8 Å². The first kappa shape index (κ1) is 31.6. The molecular weight excluding hydrogens is 542 g/mol. The minimum absolute atomic E-state index is 0.00486. The van der Waals surface area contributed by atoms with E-state index < -0.39 is 33.7 Å². The fraction of sp³-hybridized carbons (Fsp3) is 0.355. The highest BCUT2D eigenvalue weighted by Gasteiger charge is 2.39. The molecule has 0 bridgehead atoms. The molecule has 0 aliphatic rings. The molecule has 3 aromatic rings. The summed E-state index contributed by atoms with van der Waals surface area (Å²) in [6.45, 7) is 3.71. The number of aliphatic hydroxyl groups is 1. The number of sulfonamides is 1. The lowest BCUT2D eigenvalue weighted by molar-refractivity contribution is 0.0716. The van der Waals surface area contributed by atoms with Gasteiger partial charge in [-0.25, -0.2) is 13.2 Å². The number of ether oxygens (including phenoxy) is 1. The van der Waals surface area contributed by atoms with E-state index in [0.29, 0.717) is 18.8 Å². The number of hydrogen-bond donors (Lipinski definition) is 3. The number of benzene rings is 3. The standard InChI is InChI=1S/C31H37N3O6S/c1-31(2,18-9-19-32)23-34(28(29(35)21-33-30(36)37)20-24-10-5-3-6-11-24)41(38,39)27-16-14-26(15-17-27)40-22-25-12-7-4-8-13-25/h3-8,10-17,28-29,33,35H,9,18,20-23H2,1-2H3,(H,36,37)/t28?,29-/m1/s1. The number of hydrogen-bond acceptors (Lipinski definition) is 6. The number of rotatable bonds is 15. The number of nitriles is 1. The van der Waals surface area contributed by atoms with Crippen molar-refractivity contribution in [1.29, 1.82) is 5.26 Å². The van der Waals surface area contributed by atoms with Crippen molar-refractivity contribution in [3.63, 3.8) is 0 Å². The maximum atomic E-state index is 14.2. The molecule has 0 saturated heterocycles. The Hall–Kier alpha value is -3.91. The molecule has 3 rings (SSSR count). The van der Waals surface area contributed by atoms with Crippen LogP contribution in [-0.2, 0) is 23.1 Å². The Morgan fingerprint density at radius 3 is 2.15 bits per heavy atom. The number of carbonyl (C=O) groups is 1. The predicted octanol–water partition coefficient (Wildman–Crippen LogP) is 4.83. The SMILES string of the molecule is CC(C)(CCC#N)CN(C(Cc1ccccc1)[C@H](O)CNC(=O)O)S(=O)(=O)c1ccc(OCc2ccccc2)cc1. The van der Waals surface area contributed by atoms with Gasteiger partial charge in [0.05, 0.1) is 23.1 Å². The highest BCUT2D eigenvalue weighted by molar-refractivity contribution is 7.89. The van der Waals surface area contributed by atoms with Gasteiger partial charge in [-0.2, -0.15) is 9.57 Å². The zero-order valence-electron chi connectivity index (χ0n) is 23.3. The second-order valence-corrected chi connectivity index (χ2v) is 12.5. The molecule has 3 N–H and O–H groups in total. The van der Waals surface area contributed by atoms with E-state index in [0.717, 1.165) is 11.1 Å². The second-order valence-electron chi connectivity index (χ2n) is 10.6. The topological polar surface area (TPSA) is 140 Å². The van der Waals surface area contributed by atoms with E-state index in [4.69, 9.17) is 15.1 Å². The van der Waals surface area contributed by atoms with Crippen molar-refractivity contribution in [2.24, 2.45) is 5.41 Å². The number of aliphatic hydroxyl groups excluding tert-OH is 1. The summed E-state index contributed by atoms with van der Waals surface area (Å²) in [5, 5.41) is 31.7. The second kappa shape index (κ2) is 14.6. The average molecular weight is 580 g/mol. The third kappa shape index (κ3) is 9.60. The van der Waals surface area contributed by atoms with E-state index in [9.17, 15) is 18.3 Å². The van der Waals surface area contributed by atoms with E-state index >= 15 is 0 Å². The highest BCUT2D eigenvalue weighted by atomic mass is 32.2. The molecule has 3 aromatic carbocycles. The molecule has 0 radical (unpaired) electrons. The third-order valence-electron chi connectivity index (χ3n) is 6.74. The zero-order valence-corrected chi connectivity index (χ0v) is 24.1. The van der Waals surface area contributed by atoms with Gasteiger partial charge in [0.2, 0.25) is 10.0 Å². The van der Waals surface area contributed by atoms with Gasteiger partial charge in [-0.3, -0.25) is 0 Å². The molecule has 0 saturated carbocycles. The number of amides is 1. The summed E-state index contributed by atoms with van der Waals surface area (Å²) in [5.74, 6) is 0.500. The molecule has 0 spiro atoms. The van der Waals surface area contributed by atoms with Crippen molar-refractivity contribution in [2.45, 2.75) is 56.8 Å². The van der Waals surface area contributed by atoms with Crippen LogP contribution in [0.4, 0.5) is 4.79 Å². The molecule has 0 heterocycles. The first-order valence-corrected chi connectivity index (χ1v) is 14.8. The van der Waals surface area contributed by atoms with E-state index in [1.54, 1.807) is 12.1 Å². The Labute approximate surface area is 242 Å². The van der Waals surface area contributed by atoms with Gasteiger partial charge >= 0.3 is 6.09 Å². The summed E-state index contributed by atoms with van der Waals surface area (Å²) < 4.78 is 35.5. The van der Waals surface area contributed by atoms with Crippen molar-refractivity contribution in [2.75, 3.05) is 13.1 Å². The van der Waals surface area contributed by atoms with Gasteiger partial charge in [0, 0.05) is 19.5 Å².